The highest BCUT2D eigenvalue weighted by Crippen LogP contribution is 2.34. The summed E-state index contributed by atoms with van der Waals surface area (Å²) in [6.07, 6.45) is 0. The summed E-state index contributed by atoms with van der Waals surface area (Å²) in [5.41, 5.74) is 5.60. The third-order valence-corrected chi connectivity index (χ3v) is 2.13. The summed E-state index contributed by atoms with van der Waals surface area (Å²) in [4.78, 5) is 0. The molecule has 13 heavy (non-hydrogen) atoms. The Hall–Kier alpha value is -0.510. The minimum Gasteiger partial charge on any atom is -0.506 e. The van der Waals surface area contributed by atoms with Gasteiger partial charge in [-0.05, 0) is 12.1 Å². The Bertz CT molecular complexity index is 319. The molecule has 72 valence electrons. The quantitative estimate of drug-likeness (QED) is 0.811. The number of halogens is 3. The topological polar surface area (TPSA) is 46.2 Å². The molecule has 0 unspecified atom stereocenters. The van der Waals surface area contributed by atoms with E-state index in [2.05, 4.69) is 0 Å². The zero-order valence-corrected chi connectivity index (χ0v) is 8.11. The molecule has 0 saturated carbocycles. The SMILES string of the molecule is N[C@H](CF)c1cc(Cl)cc(Cl)c1O. The van der Waals surface area contributed by atoms with Crippen molar-refractivity contribution >= 4 is 23.2 Å². The molecule has 1 aromatic carbocycles. The molecule has 0 aromatic heterocycles. The monoisotopic (exact) mass is 223 g/mol. The number of nitrogens with two attached hydrogens (primary N) is 1. The number of hydrogen-bond donors (Lipinski definition) is 2. The van der Waals surface area contributed by atoms with Gasteiger partial charge in [-0.3, -0.25) is 0 Å². The van der Waals surface area contributed by atoms with Crippen LogP contribution in [0.4, 0.5) is 4.39 Å². The van der Waals surface area contributed by atoms with E-state index >= 15 is 0 Å². The third kappa shape index (κ3) is 2.24. The fraction of sp³-hybridized carbons (Fsp3) is 0.250. The van der Waals surface area contributed by atoms with Gasteiger partial charge in [0.05, 0.1) is 11.1 Å². The van der Waals surface area contributed by atoms with Crippen molar-refractivity contribution in [3.63, 3.8) is 0 Å². The second-order valence-electron chi connectivity index (χ2n) is 2.59. The van der Waals surface area contributed by atoms with Crippen LogP contribution in [0.5, 0.6) is 5.75 Å². The van der Waals surface area contributed by atoms with Crippen LogP contribution in [0.2, 0.25) is 10.0 Å². The van der Waals surface area contributed by atoms with Crippen LogP contribution in [-0.2, 0) is 0 Å². The van der Waals surface area contributed by atoms with E-state index in [1.165, 1.54) is 12.1 Å². The fourth-order valence-corrected chi connectivity index (χ4v) is 1.46. The Balaban J connectivity index is 3.20. The van der Waals surface area contributed by atoms with Crippen LogP contribution < -0.4 is 5.73 Å². The lowest BCUT2D eigenvalue weighted by molar-refractivity contribution is 0.414. The van der Waals surface area contributed by atoms with Crippen LogP contribution >= 0.6 is 23.2 Å². The highest BCUT2D eigenvalue weighted by atomic mass is 35.5. The maximum Gasteiger partial charge on any atom is 0.139 e. The van der Waals surface area contributed by atoms with Crippen LogP contribution in [0, 0.1) is 0 Å². The van der Waals surface area contributed by atoms with Gasteiger partial charge in [-0.25, -0.2) is 4.39 Å². The predicted molar refractivity (Wildman–Crippen MR) is 51.0 cm³/mol. The summed E-state index contributed by atoms with van der Waals surface area (Å²) >= 11 is 11.3. The molecule has 0 spiro atoms. The maximum atomic E-state index is 12.2. The van der Waals surface area contributed by atoms with E-state index in [0.29, 0.717) is 5.02 Å². The third-order valence-electron chi connectivity index (χ3n) is 1.62. The minimum absolute atomic E-state index is 0.0754. The lowest BCUT2D eigenvalue weighted by Gasteiger charge is -2.11. The Morgan fingerprint density at radius 2 is 2.08 bits per heavy atom. The van der Waals surface area contributed by atoms with Crippen LogP contribution in [0.15, 0.2) is 12.1 Å². The molecule has 1 atom stereocenters. The summed E-state index contributed by atoms with van der Waals surface area (Å²) < 4.78 is 12.2. The lowest BCUT2D eigenvalue weighted by atomic mass is 10.1. The van der Waals surface area contributed by atoms with E-state index in [-0.39, 0.29) is 16.3 Å². The Kier molecular flexibility index (Phi) is 3.36. The normalized spacial score (nSPS) is 12.9. The van der Waals surface area contributed by atoms with Crippen LogP contribution in [-0.4, -0.2) is 11.8 Å². The van der Waals surface area contributed by atoms with Gasteiger partial charge in [0, 0.05) is 10.6 Å². The molecule has 1 rings (SSSR count). The van der Waals surface area contributed by atoms with Crippen molar-refractivity contribution in [3.05, 3.63) is 27.7 Å². The van der Waals surface area contributed by atoms with Gasteiger partial charge >= 0.3 is 0 Å². The average molecular weight is 224 g/mol. The van der Waals surface area contributed by atoms with E-state index in [1.54, 1.807) is 0 Å². The molecule has 0 saturated heterocycles. The van der Waals surface area contributed by atoms with Gasteiger partial charge in [-0.1, -0.05) is 23.2 Å². The molecule has 0 heterocycles. The van der Waals surface area contributed by atoms with Gasteiger partial charge in [0.15, 0.2) is 0 Å². The zero-order valence-electron chi connectivity index (χ0n) is 6.60. The first-order chi connectivity index (χ1) is 6.06. The summed E-state index contributed by atoms with van der Waals surface area (Å²) in [6, 6.07) is 1.87. The summed E-state index contributed by atoms with van der Waals surface area (Å²) in [7, 11) is 0. The molecule has 5 heteroatoms. The average Bonchev–Trinajstić information content (AvgIpc) is 2.10. The number of alkyl halides is 1. The first kappa shape index (κ1) is 10.6. The molecule has 0 amide bonds. The van der Waals surface area contributed by atoms with Crippen molar-refractivity contribution in [2.75, 3.05) is 6.67 Å². The van der Waals surface area contributed by atoms with Gasteiger partial charge in [-0.15, -0.1) is 0 Å². The molecule has 0 fully saturated rings. The highest BCUT2D eigenvalue weighted by Gasteiger charge is 2.14. The number of rotatable bonds is 2. The van der Waals surface area contributed by atoms with E-state index in [1.807, 2.05) is 0 Å². The van der Waals surface area contributed by atoms with Gasteiger partial charge in [0.2, 0.25) is 0 Å². The predicted octanol–water partition coefficient (Wildman–Crippen LogP) is 2.67. The number of phenolic OH excluding ortho intramolecular Hbond substituents is 1. The Morgan fingerprint density at radius 1 is 1.46 bits per heavy atom. The zero-order chi connectivity index (χ0) is 10.0. The first-order valence-corrected chi connectivity index (χ1v) is 4.31. The fourth-order valence-electron chi connectivity index (χ4n) is 0.952. The molecule has 0 radical (unpaired) electrons. The summed E-state index contributed by atoms with van der Waals surface area (Å²) in [6.45, 7) is -0.774. The smallest absolute Gasteiger partial charge is 0.139 e. The Labute approximate surface area is 85.1 Å². The van der Waals surface area contributed by atoms with Crippen molar-refractivity contribution < 1.29 is 9.50 Å². The van der Waals surface area contributed by atoms with E-state index in [9.17, 15) is 9.50 Å². The summed E-state index contributed by atoms with van der Waals surface area (Å²) in [5.74, 6) is -0.212. The van der Waals surface area contributed by atoms with E-state index in [4.69, 9.17) is 28.9 Å². The van der Waals surface area contributed by atoms with Crippen molar-refractivity contribution in [2.45, 2.75) is 6.04 Å². The molecule has 3 N–H and O–H groups in total. The molecule has 0 aliphatic heterocycles. The van der Waals surface area contributed by atoms with Crippen molar-refractivity contribution in [3.8, 4) is 5.75 Å². The lowest BCUT2D eigenvalue weighted by Crippen LogP contribution is -2.12. The molecule has 0 aliphatic rings. The maximum absolute atomic E-state index is 12.2. The second-order valence-corrected chi connectivity index (χ2v) is 3.43. The standard InChI is InChI=1S/C8H8Cl2FNO/c9-4-1-5(7(12)3-11)8(13)6(10)2-4/h1-2,7,13H,3,12H2/t7-/m1/s1. The van der Waals surface area contributed by atoms with Crippen molar-refractivity contribution in [1.82, 2.24) is 0 Å². The highest BCUT2D eigenvalue weighted by molar-refractivity contribution is 6.35. The van der Waals surface area contributed by atoms with Gasteiger partial charge < -0.3 is 10.8 Å². The molecule has 0 bridgehead atoms. The van der Waals surface area contributed by atoms with Crippen molar-refractivity contribution in [2.24, 2.45) is 5.73 Å². The van der Waals surface area contributed by atoms with Crippen molar-refractivity contribution in [1.29, 1.82) is 0 Å². The largest absolute Gasteiger partial charge is 0.506 e. The summed E-state index contributed by atoms with van der Waals surface area (Å²) in [5, 5.41) is 9.78. The molecule has 1 aromatic rings. The number of hydrogen-bond acceptors (Lipinski definition) is 2. The first-order valence-electron chi connectivity index (χ1n) is 3.55. The number of aromatic hydroxyl groups is 1. The number of benzene rings is 1. The van der Waals surface area contributed by atoms with Crippen LogP contribution in [0.25, 0.3) is 0 Å². The Morgan fingerprint density at radius 3 is 2.62 bits per heavy atom. The second kappa shape index (κ2) is 4.13. The van der Waals surface area contributed by atoms with Gasteiger partial charge in [0.25, 0.3) is 0 Å². The minimum atomic E-state index is -0.892. The van der Waals surface area contributed by atoms with E-state index in [0.717, 1.165) is 0 Å². The van der Waals surface area contributed by atoms with Crippen LogP contribution in [0.1, 0.15) is 11.6 Å². The molecular formula is C8H8Cl2FNO. The van der Waals surface area contributed by atoms with E-state index < -0.39 is 12.7 Å². The molecular weight excluding hydrogens is 216 g/mol. The van der Waals surface area contributed by atoms with Gasteiger partial charge in [-0.2, -0.15) is 0 Å². The number of phenols is 1. The molecule has 0 aliphatic carbocycles. The molecule has 2 nitrogen and oxygen atoms in total. The van der Waals surface area contributed by atoms with Gasteiger partial charge in [0.1, 0.15) is 12.4 Å². The van der Waals surface area contributed by atoms with Crippen LogP contribution in [0.3, 0.4) is 0 Å².